The Hall–Kier alpha value is -2.79. The number of thiophene rings is 1. The van der Waals surface area contributed by atoms with Crippen LogP contribution >= 0.6 is 11.3 Å². The van der Waals surface area contributed by atoms with E-state index < -0.39 is 0 Å². The van der Waals surface area contributed by atoms with Crippen molar-refractivity contribution in [2.45, 2.75) is 6.92 Å². The molecule has 1 fully saturated rings. The van der Waals surface area contributed by atoms with E-state index in [2.05, 4.69) is 42.7 Å². The Morgan fingerprint density at radius 3 is 2.54 bits per heavy atom. The zero-order valence-electron chi connectivity index (χ0n) is 13.2. The SMILES string of the molecule is Cc1cc2c(N3CCN(c4cnc(C#N)cn4)CC3)ncnc2s1. The van der Waals surface area contributed by atoms with Gasteiger partial charge in [0.1, 0.15) is 28.9 Å². The first-order chi connectivity index (χ1) is 11.7. The molecule has 1 saturated heterocycles. The van der Waals surface area contributed by atoms with Gasteiger partial charge in [-0.05, 0) is 13.0 Å². The minimum atomic E-state index is 0.341. The normalized spacial score (nSPS) is 14.8. The van der Waals surface area contributed by atoms with Gasteiger partial charge in [0.05, 0.1) is 17.8 Å². The molecule has 3 aromatic rings. The summed E-state index contributed by atoms with van der Waals surface area (Å²) in [5.74, 6) is 1.82. The average Bonchev–Trinajstić information content (AvgIpc) is 3.02. The predicted molar refractivity (Wildman–Crippen MR) is 93.3 cm³/mol. The number of nitrogens with zero attached hydrogens (tertiary/aromatic N) is 7. The Balaban J connectivity index is 1.52. The summed E-state index contributed by atoms with van der Waals surface area (Å²) in [4.78, 5) is 24.0. The third kappa shape index (κ3) is 2.63. The standard InChI is InChI=1S/C16H15N7S/c1-11-6-13-15(20-10-21-16(13)24-11)23-4-2-22(3-5-23)14-9-18-12(7-17)8-19-14/h6,8-10H,2-5H2,1H3. The van der Waals surface area contributed by atoms with Gasteiger partial charge >= 0.3 is 0 Å². The van der Waals surface area contributed by atoms with Crippen LogP contribution in [0.2, 0.25) is 0 Å². The van der Waals surface area contributed by atoms with E-state index in [0.717, 1.165) is 48.0 Å². The molecule has 0 radical (unpaired) electrons. The highest BCUT2D eigenvalue weighted by atomic mass is 32.1. The van der Waals surface area contributed by atoms with Gasteiger partial charge in [0, 0.05) is 31.1 Å². The Morgan fingerprint density at radius 1 is 1.04 bits per heavy atom. The van der Waals surface area contributed by atoms with Crippen LogP contribution in [0, 0.1) is 18.3 Å². The molecule has 1 aliphatic rings. The van der Waals surface area contributed by atoms with E-state index >= 15 is 0 Å². The van der Waals surface area contributed by atoms with Gasteiger partial charge in [-0.3, -0.25) is 0 Å². The summed E-state index contributed by atoms with van der Waals surface area (Å²) in [7, 11) is 0. The van der Waals surface area contributed by atoms with Crippen LogP contribution < -0.4 is 9.80 Å². The van der Waals surface area contributed by atoms with E-state index in [0.29, 0.717) is 5.69 Å². The number of rotatable bonds is 2. The van der Waals surface area contributed by atoms with Crippen molar-refractivity contribution in [2.24, 2.45) is 0 Å². The number of hydrogen-bond acceptors (Lipinski definition) is 8. The lowest BCUT2D eigenvalue weighted by atomic mass is 10.2. The first kappa shape index (κ1) is 14.8. The van der Waals surface area contributed by atoms with Crippen LogP contribution in [-0.2, 0) is 0 Å². The highest BCUT2D eigenvalue weighted by Gasteiger charge is 2.21. The van der Waals surface area contributed by atoms with E-state index in [4.69, 9.17) is 5.26 Å². The minimum absolute atomic E-state index is 0.341. The van der Waals surface area contributed by atoms with Gasteiger partial charge in [-0.25, -0.2) is 19.9 Å². The van der Waals surface area contributed by atoms with Crippen LogP contribution in [0.25, 0.3) is 10.2 Å². The molecule has 0 amide bonds. The van der Waals surface area contributed by atoms with Crippen LogP contribution in [0.5, 0.6) is 0 Å². The maximum Gasteiger partial charge on any atom is 0.158 e. The molecule has 4 heterocycles. The molecule has 0 N–H and O–H groups in total. The van der Waals surface area contributed by atoms with Crippen molar-refractivity contribution in [2.75, 3.05) is 36.0 Å². The number of piperazine rings is 1. The smallest absolute Gasteiger partial charge is 0.158 e. The zero-order valence-corrected chi connectivity index (χ0v) is 14.0. The van der Waals surface area contributed by atoms with Gasteiger partial charge in [-0.15, -0.1) is 11.3 Å². The molecule has 0 bridgehead atoms. The lowest BCUT2D eigenvalue weighted by molar-refractivity contribution is 0.642. The van der Waals surface area contributed by atoms with Gasteiger partial charge in [-0.2, -0.15) is 5.26 Å². The van der Waals surface area contributed by atoms with Crippen LogP contribution in [-0.4, -0.2) is 46.1 Å². The largest absolute Gasteiger partial charge is 0.352 e. The molecule has 1 aliphatic heterocycles. The van der Waals surface area contributed by atoms with Gasteiger partial charge < -0.3 is 9.80 Å². The molecule has 0 spiro atoms. The Bertz CT molecular complexity index is 904. The van der Waals surface area contributed by atoms with Crippen LogP contribution in [0.4, 0.5) is 11.6 Å². The molecule has 0 saturated carbocycles. The summed E-state index contributed by atoms with van der Waals surface area (Å²) in [5.41, 5.74) is 0.341. The number of nitriles is 1. The fourth-order valence-corrected chi connectivity index (χ4v) is 3.75. The van der Waals surface area contributed by atoms with Crippen molar-refractivity contribution in [3.05, 3.63) is 35.4 Å². The van der Waals surface area contributed by atoms with Crippen molar-refractivity contribution in [3.8, 4) is 6.07 Å². The third-order valence-corrected chi connectivity index (χ3v) is 5.05. The summed E-state index contributed by atoms with van der Waals surface area (Å²) in [5, 5.41) is 9.94. The fraction of sp³-hybridized carbons (Fsp3) is 0.312. The summed E-state index contributed by atoms with van der Waals surface area (Å²) < 4.78 is 0. The molecule has 0 unspecified atom stereocenters. The van der Waals surface area contributed by atoms with E-state index in [1.54, 1.807) is 23.9 Å². The first-order valence-electron chi connectivity index (χ1n) is 7.68. The molecule has 3 aromatic heterocycles. The Morgan fingerprint density at radius 2 is 1.83 bits per heavy atom. The highest BCUT2D eigenvalue weighted by Crippen LogP contribution is 2.30. The number of aromatic nitrogens is 4. The quantitative estimate of drug-likeness (QED) is 0.707. The van der Waals surface area contributed by atoms with Gasteiger partial charge in [-0.1, -0.05) is 0 Å². The molecular weight excluding hydrogens is 322 g/mol. The van der Waals surface area contributed by atoms with Crippen molar-refractivity contribution in [1.29, 1.82) is 5.26 Å². The Labute approximate surface area is 143 Å². The molecule has 8 heteroatoms. The number of fused-ring (bicyclic) bond motifs is 1. The molecule has 24 heavy (non-hydrogen) atoms. The van der Waals surface area contributed by atoms with E-state index in [9.17, 15) is 0 Å². The molecule has 0 aromatic carbocycles. The number of anilines is 2. The number of hydrogen-bond donors (Lipinski definition) is 0. The van der Waals surface area contributed by atoms with Crippen LogP contribution in [0.3, 0.4) is 0 Å². The monoisotopic (exact) mass is 337 g/mol. The molecule has 4 rings (SSSR count). The van der Waals surface area contributed by atoms with Crippen molar-refractivity contribution < 1.29 is 0 Å². The maximum absolute atomic E-state index is 8.80. The van der Waals surface area contributed by atoms with Crippen molar-refractivity contribution in [1.82, 2.24) is 19.9 Å². The summed E-state index contributed by atoms with van der Waals surface area (Å²) in [6.45, 7) is 5.51. The van der Waals surface area contributed by atoms with Gasteiger partial charge in [0.2, 0.25) is 0 Å². The summed E-state index contributed by atoms with van der Waals surface area (Å²) >= 11 is 1.70. The van der Waals surface area contributed by atoms with Crippen LogP contribution in [0.1, 0.15) is 10.6 Å². The molecule has 7 nitrogen and oxygen atoms in total. The number of aryl methyl sites for hydroxylation is 1. The second-order valence-electron chi connectivity index (χ2n) is 5.62. The topological polar surface area (TPSA) is 81.8 Å². The molecule has 0 aliphatic carbocycles. The maximum atomic E-state index is 8.80. The lowest BCUT2D eigenvalue weighted by Gasteiger charge is -2.36. The van der Waals surface area contributed by atoms with Gasteiger partial charge in [0.25, 0.3) is 0 Å². The molecule has 0 atom stereocenters. The minimum Gasteiger partial charge on any atom is -0.352 e. The first-order valence-corrected chi connectivity index (χ1v) is 8.49. The third-order valence-electron chi connectivity index (χ3n) is 4.09. The summed E-state index contributed by atoms with van der Waals surface area (Å²) in [6.07, 6.45) is 4.83. The van der Waals surface area contributed by atoms with E-state index in [1.165, 1.54) is 11.1 Å². The van der Waals surface area contributed by atoms with E-state index in [-0.39, 0.29) is 0 Å². The Kier molecular flexibility index (Phi) is 3.70. The van der Waals surface area contributed by atoms with Crippen molar-refractivity contribution >= 4 is 33.2 Å². The molecule has 120 valence electrons. The molecular formula is C16H15N7S. The highest BCUT2D eigenvalue weighted by molar-refractivity contribution is 7.18. The fourth-order valence-electron chi connectivity index (χ4n) is 2.91. The zero-order chi connectivity index (χ0) is 16.5. The summed E-state index contributed by atoms with van der Waals surface area (Å²) in [6, 6.07) is 4.15. The van der Waals surface area contributed by atoms with E-state index in [1.807, 2.05) is 6.07 Å². The van der Waals surface area contributed by atoms with Crippen LogP contribution in [0.15, 0.2) is 24.8 Å². The predicted octanol–water partition coefficient (Wildman–Crippen LogP) is 1.99. The van der Waals surface area contributed by atoms with Gasteiger partial charge in [0.15, 0.2) is 5.69 Å². The average molecular weight is 337 g/mol. The second-order valence-corrected chi connectivity index (χ2v) is 6.85. The van der Waals surface area contributed by atoms with Crippen molar-refractivity contribution in [3.63, 3.8) is 0 Å². The second kappa shape index (κ2) is 6.02. The lowest BCUT2D eigenvalue weighted by Crippen LogP contribution is -2.47.